The molecule has 3 rings (SSSR count). The number of rotatable bonds is 7. The van der Waals surface area contributed by atoms with Gasteiger partial charge in [0.25, 0.3) is 0 Å². The van der Waals surface area contributed by atoms with E-state index in [1.54, 1.807) is 4.68 Å². The molecule has 0 aliphatic carbocycles. The molecule has 1 heterocycles. The Morgan fingerprint density at radius 2 is 1.83 bits per heavy atom. The van der Waals surface area contributed by atoms with Crippen molar-refractivity contribution in [2.45, 2.75) is 32.9 Å². The molecule has 6 heteroatoms. The van der Waals surface area contributed by atoms with Crippen molar-refractivity contribution in [2.24, 2.45) is 0 Å². The van der Waals surface area contributed by atoms with Crippen LogP contribution < -0.4 is 10.1 Å². The van der Waals surface area contributed by atoms with Crippen LogP contribution in [0.2, 0.25) is 0 Å². The molecule has 3 aromatic rings. The lowest BCUT2D eigenvalue weighted by atomic mass is 10.2. The highest BCUT2D eigenvalue weighted by atomic mass is 16.5. The van der Waals surface area contributed by atoms with Crippen LogP contribution in [0.1, 0.15) is 25.8 Å². The molecule has 1 aromatic heterocycles. The highest BCUT2D eigenvalue weighted by Gasteiger charge is 2.10. The number of nitrogens with one attached hydrogen (secondary N) is 1. The van der Waals surface area contributed by atoms with Gasteiger partial charge in [-0.1, -0.05) is 42.4 Å². The number of benzene rings is 2. The van der Waals surface area contributed by atoms with Crippen molar-refractivity contribution in [1.82, 2.24) is 25.5 Å². The maximum atomic E-state index is 5.81. The molecular weight excluding hydrogens is 302 g/mol. The predicted molar refractivity (Wildman–Crippen MR) is 92.3 cm³/mol. The molecular formula is C18H21N5O. The number of nitrogens with zero attached hydrogens (tertiary/aromatic N) is 4. The monoisotopic (exact) mass is 323 g/mol. The Bertz CT molecular complexity index is 755. The van der Waals surface area contributed by atoms with Gasteiger partial charge in [-0.05, 0) is 53.6 Å². The lowest BCUT2D eigenvalue weighted by Crippen LogP contribution is -2.24. The molecule has 0 saturated heterocycles. The van der Waals surface area contributed by atoms with Crippen molar-refractivity contribution in [3.05, 3.63) is 60.2 Å². The normalized spacial score (nSPS) is 12.1. The summed E-state index contributed by atoms with van der Waals surface area (Å²) in [7, 11) is 0. The summed E-state index contributed by atoms with van der Waals surface area (Å²) in [6, 6.07) is 18.4. The number of ether oxygens (including phenoxy) is 1. The van der Waals surface area contributed by atoms with Gasteiger partial charge in [0.15, 0.2) is 0 Å². The molecule has 0 aliphatic heterocycles. The zero-order valence-corrected chi connectivity index (χ0v) is 13.9. The second-order valence-corrected chi connectivity index (χ2v) is 5.65. The van der Waals surface area contributed by atoms with Crippen LogP contribution in [0.3, 0.4) is 0 Å². The van der Waals surface area contributed by atoms with Crippen LogP contribution in [-0.2, 0) is 6.54 Å². The van der Waals surface area contributed by atoms with Crippen molar-refractivity contribution in [2.75, 3.05) is 0 Å². The molecule has 124 valence electrons. The summed E-state index contributed by atoms with van der Waals surface area (Å²) in [6.07, 6.45) is 1.11. The lowest BCUT2D eigenvalue weighted by Gasteiger charge is -2.11. The van der Waals surface area contributed by atoms with Gasteiger partial charge in [-0.3, -0.25) is 0 Å². The van der Waals surface area contributed by atoms with E-state index in [2.05, 4.69) is 34.7 Å². The molecule has 2 aromatic carbocycles. The molecule has 0 saturated carbocycles. The van der Waals surface area contributed by atoms with Gasteiger partial charge in [-0.25, -0.2) is 0 Å². The van der Waals surface area contributed by atoms with E-state index in [1.165, 1.54) is 5.56 Å². The average molecular weight is 323 g/mol. The maximum Gasteiger partial charge on any atom is 0.345 e. The molecule has 1 N–H and O–H groups in total. The molecule has 6 nitrogen and oxygen atoms in total. The van der Waals surface area contributed by atoms with Crippen LogP contribution >= 0.6 is 0 Å². The SMILES string of the molecule is CC[C@@H](C)NCc1ccc(Oc2nnnn2-c2ccccc2)cc1. The molecule has 24 heavy (non-hydrogen) atoms. The first-order valence-corrected chi connectivity index (χ1v) is 8.10. The third kappa shape index (κ3) is 3.97. The Morgan fingerprint density at radius 3 is 2.54 bits per heavy atom. The summed E-state index contributed by atoms with van der Waals surface area (Å²) >= 11 is 0. The van der Waals surface area contributed by atoms with Gasteiger partial charge in [0, 0.05) is 12.6 Å². The van der Waals surface area contributed by atoms with Crippen LogP contribution in [0.25, 0.3) is 5.69 Å². The van der Waals surface area contributed by atoms with Crippen LogP contribution in [-0.4, -0.2) is 26.2 Å². The molecule has 0 fully saturated rings. The van der Waals surface area contributed by atoms with Crippen molar-refractivity contribution in [1.29, 1.82) is 0 Å². The number of hydrogen-bond donors (Lipinski definition) is 1. The number of hydrogen-bond acceptors (Lipinski definition) is 5. The molecule has 1 atom stereocenters. The minimum Gasteiger partial charge on any atom is -0.423 e. The topological polar surface area (TPSA) is 64.9 Å². The first-order valence-electron chi connectivity index (χ1n) is 8.10. The predicted octanol–water partition coefficient (Wildman–Crippen LogP) is 3.34. The average Bonchev–Trinajstić information content (AvgIpc) is 3.09. The summed E-state index contributed by atoms with van der Waals surface area (Å²) < 4.78 is 7.38. The molecule has 0 aliphatic rings. The molecule has 0 bridgehead atoms. The summed E-state index contributed by atoms with van der Waals surface area (Å²) in [4.78, 5) is 0. The standard InChI is InChI=1S/C18H21N5O/c1-3-14(2)19-13-15-9-11-17(12-10-15)24-18-20-21-22-23(18)16-7-5-4-6-8-16/h4-12,14,19H,3,13H2,1-2H3/t14-/m1/s1. The summed E-state index contributed by atoms with van der Waals surface area (Å²) in [6.45, 7) is 5.20. The van der Waals surface area contributed by atoms with Crippen LogP contribution in [0.5, 0.6) is 11.8 Å². The van der Waals surface area contributed by atoms with E-state index in [4.69, 9.17) is 4.74 Å². The fourth-order valence-corrected chi connectivity index (χ4v) is 2.19. The minimum atomic E-state index is 0.340. The third-order valence-electron chi connectivity index (χ3n) is 3.84. The second kappa shape index (κ2) is 7.70. The van der Waals surface area contributed by atoms with Crippen molar-refractivity contribution < 1.29 is 4.74 Å². The Balaban J connectivity index is 1.68. The van der Waals surface area contributed by atoms with E-state index in [0.29, 0.717) is 17.8 Å². The third-order valence-corrected chi connectivity index (χ3v) is 3.84. The fourth-order valence-electron chi connectivity index (χ4n) is 2.19. The number of para-hydroxylation sites is 1. The lowest BCUT2D eigenvalue weighted by molar-refractivity contribution is 0.427. The largest absolute Gasteiger partial charge is 0.423 e. The van der Waals surface area contributed by atoms with E-state index in [1.807, 2.05) is 54.6 Å². The maximum absolute atomic E-state index is 5.81. The molecule has 0 spiro atoms. The number of aromatic nitrogens is 4. The van der Waals surface area contributed by atoms with Gasteiger partial charge in [-0.15, -0.1) is 0 Å². The quantitative estimate of drug-likeness (QED) is 0.722. The summed E-state index contributed by atoms with van der Waals surface area (Å²) in [5, 5.41) is 15.1. The summed E-state index contributed by atoms with van der Waals surface area (Å²) in [5.74, 6) is 0.703. The highest BCUT2D eigenvalue weighted by molar-refractivity contribution is 5.34. The van der Waals surface area contributed by atoms with Gasteiger partial charge in [0.05, 0.1) is 5.69 Å². The molecule has 0 radical (unpaired) electrons. The summed E-state index contributed by atoms with van der Waals surface area (Å²) in [5.41, 5.74) is 2.07. The minimum absolute atomic E-state index is 0.340. The number of tetrazole rings is 1. The van der Waals surface area contributed by atoms with E-state index < -0.39 is 0 Å². The van der Waals surface area contributed by atoms with Crippen LogP contribution in [0.15, 0.2) is 54.6 Å². The fraction of sp³-hybridized carbons (Fsp3) is 0.278. The van der Waals surface area contributed by atoms with Gasteiger partial charge >= 0.3 is 6.01 Å². The first kappa shape index (κ1) is 16.1. The van der Waals surface area contributed by atoms with E-state index in [0.717, 1.165) is 18.7 Å². The van der Waals surface area contributed by atoms with Gasteiger partial charge in [0.1, 0.15) is 5.75 Å². The van der Waals surface area contributed by atoms with Crippen molar-refractivity contribution in [3.63, 3.8) is 0 Å². The van der Waals surface area contributed by atoms with Gasteiger partial charge < -0.3 is 10.1 Å². The van der Waals surface area contributed by atoms with E-state index >= 15 is 0 Å². The Hall–Kier alpha value is -2.73. The first-order chi connectivity index (χ1) is 11.8. The molecule has 0 unspecified atom stereocenters. The zero-order chi connectivity index (χ0) is 16.8. The molecule has 0 amide bonds. The van der Waals surface area contributed by atoms with Crippen molar-refractivity contribution in [3.8, 4) is 17.4 Å². The van der Waals surface area contributed by atoms with Gasteiger partial charge in [-0.2, -0.15) is 4.68 Å². The Kier molecular flexibility index (Phi) is 5.18. The smallest absolute Gasteiger partial charge is 0.345 e. The Morgan fingerprint density at radius 1 is 1.08 bits per heavy atom. The Labute approximate surface area is 141 Å². The van der Waals surface area contributed by atoms with Crippen LogP contribution in [0, 0.1) is 0 Å². The van der Waals surface area contributed by atoms with Crippen LogP contribution in [0.4, 0.5) is 0 Å². The second-order valence-electron chi connectivity index (χ2n) is 5.65. The van der Waals surface area contributed by atoms with Gasteiger partial charge in [0.2, 0.25) is 0 Å². The highest BCUT2D eigenvalue weighted by Crippen LogP contribution is 2.21. The zero-order valence-electron chi connectivity index (χ0n) is 13.9. The van der Waals surface area contributed by atoms with Crippen molar-refractivity contribution >= 4 is 0 Å². The van der Waals surface area contributed by atoms with E-state index in [-0.39, 0.29) is 0 Å². The van der Waals surface area contributed by atoms with E-state index in [9.17, 15) is 0 Å².